The Morgan fingerprint density at radius 2 is 2.11 bits per heavy atom. The highest BCUT2D eigenvalue weighted by Gasteiger charge is 2.30. The molecule has 3 atom stereocenters. The number of carbonyl (C=O) groups is 1. The summed E-state index contributed by atoms with van der Waals surface area (Å²) < 4.78 is 20.1. The topological polar surface area (TPSA) is 67.6 Å². The average molecular weight is 459 g/mol. The molecule has 0 spiro atoms. The maximum atomic E-state index is 14.5. The Kier molecular flexibility index (Phi) is 12.5. The van der Waals surface area contributed by atoms with E-state index in [1.54, 1.807) is 12.1 Å². The fraction of sp³-hybridized carbons (Fsp3) is 0.632. The Labute approximate surface area is 184 Å². The van der Waals surface area contributed by atoms with Crippen LogP contribution >= 0.6 is 36.4 Å². The first kappa shape index (κ1) is 27.4. The molecule has 9 heteroatoms. The Morgan fingerprint density at radius 1 is 1.43 bits per heavy atom. The highest BCUT2D eigenvalue weighted by atomic mass is 35.5. The largest absolute Gasteiger partial charge is 0.376 e. The van der Waals surface area contributed by atoms with Gasteiger partial charge in [0.15, 0.2) is 0 Å². The number of hydrogen-bond donors (Lipinski definition) is 2. The maximum absolute atomic E-state index is 14.5. The molecular weight excluding hydrogens is 428 g/mol. The molecule has 1 aliphatic heterocycles. The van der Waals surface area contributed by atoms with Crippen molar-refractivity contribution in [1.82, 2.24) is 10.2 Å². The molecule has 0 saturated carbocycles. The second-order valence-corrected chi connectivity index (χ2v) is 7.72. The summed E-state index contributed by atoms with van der Waals surface area (Å²) in [6.45, 7) is 8.11. The first-order chi connectivity index (χ1) is 12.3. The minimum Gasteiger partial charge on any atom is -0.376 e. The van der Waals surface area contributed by atoms with Crippen molar-refractivity contribution in [1.29, 1.82) is 0 Å². The van der Waals surface area contributed by atoms with Crippen molar-refractivity contribution in [2.24, 2.45) is 11.7 Å². The predicted octanol–water partition coefficient (Wildman–Crippen LogP) is 3.57. The molecule has 0 radical (unpaired) electrons. The number of nitrogens with one attached hydrogen (secondary N) is 1. The van der Waals surface area contributed by atoms with E-state index in [-0.39, 0.29) is 55.2 Å². The van der Waals surface area contributed by atoms with E-state index in [9.17, 15) is 9.18 Å². The van der Waals surface area contributed by atoms with Crippen molar-refractivity contribution >= 4 is 42.3 Å². The van der Waals surface area contributed by atoms with Crippen LogP contribution in [0.3, 0.4) is 0 Å². The summed E-state index contributed by atoms with van der Waals surface area (Å²) in [6.07, 6.45) is 0.640. The van der Waals surface area contributed by atoms with Crippen LogP contribution in [0.4, 0.5) is 4.39 Å². The number of nitrogens with two attached hydrogens (primary N) is 1. The molecule has 2 unspecified atom stereocenters. The summed E-state index contributed by atoms with van der Waals surface area (Å²) in [4.78, 5) is 14.4. The highest BCUT2D eigenvalue weighted by molar-refractivity contribution is 6.31. The summed E-state index contributed by atoms with van der Waals surface area (Å²) in [5.74, 6) is -0.271. The molecule has 0 aromatic heterocycles. The number of halogens is 4. The number of morpholine rings is 1. The number of amides is 1. The molecule has 0 aliphatic carbocycles. The van der Waals surface area contributed by atoms with Crippen LogP contribution in [0.25, 0.3) is 0 Å². The van der Waals surface area contributed by atoms with Gasteiger partial charge in [0, 0.05) is 30.2 Å². The van der Waals surface area contributed by atoms with Gasteiger partial charge in [0.05, 0.1) is 24.8 Å². The Hall–Kier alpha value is -0.630. The lowest BCUT2D eigenvalue weighted by Gasteiger charge is -2.38. The van der Waals surface area contributed by atoms with Crippen LogP contribution in [0.15, 0.2) is 18.2 Å². The first-order valence-electron chi connectivity index (χ1n) is 9.12. The summed E-state index contributed by atoms with van der Waals surface area (Å²) >= 11 is 6.29. The number of carbonyl (C=O) groups excluding carboxylic acids is 1. The summed E-state index contributed by atoms with van der Waals surface area (Å²) in [7, 11) is 0. The number of benzene rings is 1. The fourth-order valence-corrected chi connectivity index (χ4v) is 3.60. The number of hydrogen-bond acceptors (Lipinski definition) is 4. The second kappa shape index (κ2) is 12.8. The molecule has 28 heavy (non-hydrogen) atoms. The molecule has 1 aromatic rings. The molecule has 2 rings (SSSR count). The zero-order chi connectivity index (χ0) is 19.3. The second-order valence-electron chi connectivity index (χ2n) is 7.31. The van der Waals surface area contributed by atoms with Crippen molar-refractivity contribution in [2.45, 2.75) is 45.4 Å². The van der Waals surface area contributed by atoms with Gasteiger partial charge in [-0.3, -0.25) is 9.69 Å². The van der Waals surface area contributed by atoms with E-state index in [4.69, 9.17) is 22.1 Å². The first-order valence-corrected chi connectivity index (χ1v) is 9.50. The lowest BCUT2D eigenvalue weighted by Crippen LogP contribution is -2.49. The third-order valence-corrected chi connectivity index (χ3v) is 4.91. The van der Waals surface area contributed by atoms with E-state index in [0.717, 1.165) is 0 Å². The summed E-state index contributed by atoms with van der Waals surface area (Å²) in [5, 5.41) is 3.24. The molecule has 1 heterocycles. The SMILES string of the molecule is CC(C)C[C@H](N)C(=O)NCC(c1c(F)cccc1Cl)N1CCOC(C)C1.Cl.Cl. The van der Waals surface area contributed by atoms with Crippen LogP contribution in [0, 0.1) is 11.7 Å². The number of rotatable bonds is 7. The summed E-state index contributed by atoms with van der Waals surface area (Å²) in [6, 6.07) is 3.70. The molecule has 5 nitrogen and oxygen atoms in total. The van der Waals surface area contributed by atoms with Crippen molar-refractivity contribution in [3.63, 3.8) is 0 Å². The van der Waals surface area contributed by atoms with Gasteiger partial charge in [0.2, 0.25) is 5.91 Å². The standard InChI is InChI=1S/C19H29ClFN3O2.2ClH/c1-12(2)9-16(22)19(25)23-10-17(24-7-8-26-13(3)11-24)18-14(20)5-4-6-15(18)21;;/h4-6,12-13,16-17H,7-11,22H2,1-3H3,(H,23,25);2*1H/t13?,16-,17?;;/m0../s1. The Balaban J connectivity index is 0.00000364. The van der Waals surface area contributed by atoms with Gasteiger partial charge in [-0.25, -0.2) is 4.39 Å². The molecular formula is C19H31Cl3FN3O2. The summed E-state index contributed by atoms with van der Waals surface area (Å²) in [5.41, 5.74) is 6.36. The molecule has 1 amide bonds. The average Bonchev–Trinajstić information content (AvgIpc) is 2.56. The maximum Gasteiger partial charge on any atom is 0.236 e. The number of ether oxygens (including phenoxy) is 1. The minimum atomic E-state index is -0.574. The van der Waals surface area contributed by atoms with Crippen molar-refractivity contribution in [3.8, 4) is 0 Å². The Morgan fingerprint density at radius 3 is 2.68 bits per heavy atom. The van der Waals surface area contributed by atoms with Crippen LogP contribution in [-0.4, -0.2) is 49.2 Å². The number of nitrogens with zero attached hydrogens (tertiary/aromatic N) is 1. The zero-order valence-corrected chi connectivity index (χ0v) is 18.9. The van der Waals surface area contributed by atoms with Gasteiger partial charge in [-0.2, -0.15) is 0 Å². The normalized spacial score (nSPS) is 19.3. The lowest BCUT2D eigenvalue weighted by molar-refractivity contribution is -0.123. The van der Waals surface area contributed by atoms with Crippen LogP contribution < -0.4 is 11.1 Å². The van der Waals surface area contributed by atoms with Gasteiger partial charge < -0.3 is 15.8 Å². The molecule has 3 N–H and O–H groups in total. The highest BCUT2D eigenvalue weighted by Crippen LogP contribution is 2.31. The van der Waals surface area contributed by atoms with Gasteiger partial charge in [-0.05, 0) is 31.4 Å². The van der Waals surface area contributed by atoms with E-state index >= 15 is 0 Å². The molecule has 1 fully saturated rings. The van der Waals surface area contributed by atoms with Gasteiger partial charge in [0.1, 0.15) is 5.82 Å². The van der Waals surface area contributed by atoms with Crippen molar-refractivity contribution in [2.75, 3.05) is 26.2 Å². The van der Waals surface area contributed by atoms with Gasteiger partial charge in [-0.1, -0.05) is 31.5 Å². The molecule has 1 aromatic carbocycles. The van der Waals surface area contributed by atoms with E-state index in [0.29, 0.717) is 42.6 Å². The van der Waals surface area contributed by atoms with E-state index in [1.165, 1.54) is 6.07 Å². The lowest BCUT2D eigenvalue weighted by atomic mass is 10.0. The van der Waals surface area contributed by atoms with Crippen LogP contribution in [0.5, 0.6) is 0 Å². The third-order valence-electron chi connectivity index (χ3n) is 4.58. The predicted molar refractivity (Wildman–Crippen MR) is 116 cm³/mol. The van der Waals surface area contributed by atoms with E-state index < -0.39 is 6.04 Å². The van der Waals surface area contributed by atoms with Crippen LogP contribution in [-0.2, 0) is 9.53 Å². The van der Waals surface area contributed by atoms with Crippen LogP contribution in [0.2, 0.25) is 5.02 Å². The van der Waals surface area contributed by atoms with Gasteiger partial charge >= 0.3 is 0 Å². The monoisotopic (exact) mass is 457 g/mol. The van der Waals surface area contributed by atoms with Gasteiger partial charge in [0.25, 0.3) is 0 Å². The smallest absolute Gasteiger partial charge is 0.236 e. The molecule has 162 valence electrons. The quantitative estimate of drug-likeness (QED) is 0.655. The van der Waals surface area contributed by atoms with Crippen molar-refractivity contribution < 1.29 is 13.9 Å². The van der Waals surface area contributed by atoms with Crippen molar-refractivity contribution in [3.05, 3.63) is 34.6 Å². The van der Waals surface area contributed by atoms with E-state index in [1.807, 2.05) is 20.8 Å². The van der Waals surface area contributed by atoms with E-state index in [2.05, 4.69) is 10.2 Å². The third kappa shape index (κ3) is 7.65. The molecule has 1 saturated heterocycles. The van der Waals surface area contributed by atoms with Gasteiger partial charge in [-0.15, -0.1) is 24.8 Å². The zero-order valence-electron chi connectivity index (χ0n) is 16.5. The van der Waals surface area contributed by atoms with Crippen LogP contribution in [0.1, 0.15) is 38.8 Å². The Bertz CT molecular complexity index is 602. The molecule has 1 aliphatic rings. The fourth-order valence-electron chi connectivity index (χ4n) is 3.31. The molecule has 0 bridgehead atoms. The minimum absolute atomic E-state index is 0.